The molecule has 2 aliphatic carbocycles. The van der Waals surface area contributed by atoms with Crippen LogP contribution in [-0.2, 0) is 10.0 Å². The van der Waals surface area contributed by atoms with Crippen molar-refractivity contribution in [2.75, 3.05) is 5.32 Å². The van der Waals surface area contributed by atoms with E-state index in [9.17, 15) is 8.42 Å². The molecule has 0 unspecified atom stereocenters. The minimum atomic E-state index is -3.42. The van der Waals surface area contributed by atoms with E-state index in [2.05, 4.69) is 20.0 Å². The number of hydrogen-bond donors (Lipinski definition) is 2. The zero-order valence-corrected chi connectivity index (χ0v) is 15.5. The zero-order valence-electron chi connectivity index (χ0n) is 14.7. The Morgan fingerprint density at radius 1 is 0.885 bits per heavy atom. The lowest BCUT2D eigenvalue weighted by atomic mass is 9.96. The van der Waals surface area contributed by atoms with Gasteiger partial charge in [-0.3, -0.25) is 0 Å². The van der Waals surface area contributed by atoms with Gasteiger partial charge in [0.25, 0.3) is 0 Å². The second kappa shape index (κ2) is 7.32. The summed E-state index contributed by atoms with van der Waals surface area (Å²) in [5.41, 5.74) is 1.67. The lowest BCUT2D eigenvalue weighted by Crippen LogP contribution is -2.25. The monoisotopic (exact) mass is 372 g/mol. The quantitative estimate of drug-likeness (QED) is 0.812. The third-order valence-electron chi connectivity index (χ3n) is 4.95. The molecule has 6 nitrogen and oxygen atoms in total. The fourth-order valence-corrected chi connectivity index (χ4v) is 4.62. The summed E-state index contributed by atoms with van der Waals surface area (Å²) in [6, 6.07) is 9.27. The average molecular weight is 372 g/mol. The van der Waals surface area contributed by atoms with Crippen LogP contribution in [0.3, 0.4) is 0 Å². The molecule has 26 heavy (non-hydrogen) atoms. The second-order valence-electron chi connectivity index (χ2n) is 7.16. The maximum atomic E-state index is 12.3. The summed E-state index contributed by atoms with van der Waals surface area (Å²) < 4.78 is 27.2. The van der Waals surface area contributed by atoms with E-state index in [0.29, 0.717) is 16.9 Å². The smallest absolute Gasteiger partial charge is 0.240 e. The van der Waals surface area contributed by atoms with Crippen molar-refractivity contribution >= 4 is 16.0 Å². The number of sulfonamides is 1. The molecule has 1 aromatic carbocycles. The van der Waals surface area contributed by atoms with Crippen molar-refractivity contribution < 1.29 is 8.42 Å². The Hall–Kier alpha value is -1.99. The summed E-state index contributed by atoms with van der Waals surface area (Å²) >= 11 is 0. The van der Waals surface area contributed by atoms with E-state index < -0.39 is 10.0 Å². The summed E-state index contributed by atoms with van der Waals surface area (Å²) in [6.45, 7) is 0. The van der Waals surface area contributed by atoms with Gasteiger partial charge in [0.2, 0.25) is 16.0 Å². The van der Waals surface area contributed by atoms with Crippen LogP contribution >= 0.6 is 0 Å². The normalized spacial score (nSPS) is 18.6. The fourth-order valence-electron chi connectivity index (χ4n) is 3.31. The van der Waals surface area contributed by atoms with E-state index in [-0.39, 0.29) is 6.04 Å². The van der Waals surface area contributed by atoms with Crippen LogP contribution in [0.2, 0.25) is 0 Å². The predicted molar refractivity (Wildman–Crippen MR) is 101 cm³/mol. The van der Waals surface area contributed by atoms with Crippen LogP contribution in [0, 0.1) is 0 Å². The Kier molecular flexibility index (Phi) is 4.91. The van der Waals surface area contributed by atoms with E-state index in [1.165, 1.54) is 19.3 Å². The third kappa shape index (κ3) is 4.22. The molecule has 138 valence electrons. The molecule has 2 aliphatic rings. The molecule has 0 atom stereocenters. The number of nitrogens with zero attached hydrogens (tertiary/aromatic N) is 2. The Morgan fingerprint density at radius 2 is 1.62 bits per heavy atom. The molecule has 0 aliphatic heterocycles. The van der Waals surface area contributed by atoms with E-state index in [1.807, 2.05) is 6.07 Å². The van der Waals surface area contributed by atoms with Gasteiger partial charge in [0.1, 0.15) is 0 Å². The summed E-state index contributed by atoms with van der Waals surface area (Å²) in [4.78, 5) is 9.22. The summed E-state index contributed by atoms with van der Waals surface area (Å²) in [5, 5.41) is 3.43. The SMILES string of the molecule is O=S(=O)(NC1CC1)c1ccc(-c2ccnc(NC3CCCCC3)n2)cc1. The lowest BCUT2D eigenvalue weighted by Gasteiger charge is -2.22. The molecule has 0 saturated heterocycles. The molecule has 0 bridgehead atoms. The van der Waals surface area contributed by atoms with Gasteiger partial charge < -0.3 is 5.32 Å². The van der Waals surface area contributed by atoms with Crippen LogP contribution in [0.4, 0.5) is 5.95 Å². The molecule has 2 aromatic rings. The number of hydrogen-bond acceptors (Lipinski definition) is 5. The fraction of sp³-hybridized carbons (Fsp3) is 0.474. The van der Waals surface area contributed by atoms with Crippen molar-refractivity contribution in [1.29, 1.82) is 0 Å². The maximum absolute atomic E-state index is 12.3. The minimum Gasteiger partial charge on any atom is -0.351 e. The van der Waals surface area contributed by atoms with Crippen LogP contribution in [0.15, 0.2) is 41.4 Å². The zero-order chi connectivity index (χ0) is 18.0. The molecule has 0 spiro atoms. The molecule has 1 heterocycles. The Morgan fingerprint density at radius 3 is 2.31 bits per heavy atom. The highest BCUT2D eigenvalue weighted by molar-refractivity contribution is 7.89. The van der Waals surface area contributed by atoms with Crippen molar-refractivity contribution in [1.82, 2.24) is 14.7 Å². The van der Waals surface area contributed by atoms with Crippen molar-refractivity contribution in [3.05, 3.63) is 36.5 Å². The van der Waals surface area contributed by atoms with Crippen LogP contribution in [-0.4, -0.2) is 30.5 Å². The Balaban J connectivity index is 1.49. The molecule has 7 heteroatoms. The topological polar surface area (TPSA) is 84.0 Å². The van der Waals surface area contributed by atoms with Gasteiger partial charge in [0, 0.05) is 23.8 Å². The molecule has 1 aromatic heterocycles. The van der Waals surface area contributed by atoms with Crippen molar-refractivity contribution in [2.45, 2.75) is 61.9 Å². The second-order valence-corrected chi connectivity index (χ2v) is 8.88. The van der Waals surface area contributed by atoms with Gasteiger partial charge in [-0.1, -0.05) is 31.4 Å². The van der Waals surface area contributed by atoms with Crippen LogP contribution in [0.25, 0.3) is 11.3 Å². The Bertz CT molecular complexity index is 857. The van der Waals surface area contributed by atoms with Gasteiger partial charge in [-0.2, -0.15) is 0 Å². The van der Waals surface area contributed by atoms with Crippen molar-refractivity contribution in [2.24, 2.45) is 0 Å². The molecule has 2 saturated carbocycles. The van der Waals surface area contributed by atoms with E-state index in [4.69, 9.17) is 0 Å². The van der Waals surface area contributed by atoms with Gasteiger partial charge in [0.05, 0.1) is 10.6 Å². The van der Waals surface area contributed by atoms with Gasteiger partial charge in [-0.05, 0) is 43.9 Å². The molecule has 2 fully saturated rings. The van der Waals surface area contributed by atoms with E-state index in [1.54, 1.807) is 30.5 Å². The molecule has 0 radical (unpaired) electrons. The molecule has 4 rings (SSSR count). The predicted octanol–water partition coefficient (Wildman–Crippen LogP) is 3.33. The van der Waals surface area contributed by atoms with Gasteiger partial charge in [-0.15, -0.1) is 0 Å². The first kappa shape index (κ1) is 17.4. The molecule has 2 N–H and O–H groups in total. The van der Waals surface area contributed by atoms with Gasteiger partial charge >= 0.3 is 0 Å². The molecular formula is C19H24N4O2S. The molecular weight excluding hydrogens is 348 g/mol. The average Bonchev–Trinajstić information content (AvgIpc) is 3.46. The van der Waals surface area contributed by atoms with E-state index >= 15 is 0 Å². The van der Waals surface area contributed by atoms with E-state index in [0.717, 1.165) is 36.9 Å². The van der Waals surface area contributed by atoms with Crippen molar-refractivity contribution in [3.8, 4) is 11.3 Å². The summed E-state index contributed by atoms with van der Waals surface area (Å²) in [6.07, 6.45) is 9.73. The van der Waals surface area contributed by atoms with Gasteiger partial charge in [-0.25, -0.2) is 23.1 Å². The maximum Gasteiger partial charge on any atom is 0.240 e. The highest BCUT2D eigenvalue weighted by Gasteiger charge is 2.27. The summed E-state index contributed by atoms with van der Waals surface area (Å²) in [7, 11) is -3.42. The molecule has 0 amide bonds. The number of benzene rings is 1. The number of anilines is 1. The summed E-state index contributed by atoms with van der Waals surface area (Å²) in [5.74, 6) is 0.640. The first-order valence-corrected chi connectivity index (χ1v) is 10.8. The first-order valence-electron chi connectivity index (χ1n) is 9.32. The number of rotatable bonds is 6. The van der Waals surface area contributed by atoms with Crippen molar-refractivity contribution in [3.63, 3.8) is 0 Å². The lowest BCUT2D eigenvalue weighted by molar-refractivity contribution is 0.461. The van der Waals surface area contributed by atoms with Gasteiger partial charge in [0.15, 0.2) is 0 Å². The third-order valence-corrected chi connectivity index (χ3v) is 6.49. The largest absolute Gasteiger partial charge is 0.351 e. The highest BCUT2D eigenvalue weighted by Crippen LogP contribution is 2.25. The minimum absolute atomic E-state index is 0.106. The number of aromatic nitrogens is 2. The highest BCUT2D eigenvalue weighted by atomic mass is 32.2. The Labute approximate surface area is 154 Å². The standard InChI is InChI=1S/C19H24N4O2S/c24-26(25,23-16-8-9-16)17-10-6-14(7-11-17)18-12-13-20-19(22-18)21-15-4-2-1-3-5-15/h6-7,10-13,15-16,23H,1-5,8-9H2,(H,20,21,22). The first-order chi connectivity index (χ1) is 12.6. The van der Waals surface area contributed by atoms with Crippen LogP contribution in [0.5, 0.6) is 0 Å². The van der Waals surface area contributed by atoms with Crippen LogP contribution in [0.1, 0.15) is 44.9 Å². The van der Waals surface area contributed by atoms with Crippen LogP contribution < -0.4 is 10.0 Å². The number of nitrogens with one attached hydrogen (secondary N) is 2.